The van der Waals surface area contributed by atoms with Crippen LogP contribution in [0.4, 0.5) is 34.8 Å². The van der Waals surface area contributed by atoms with E-state index in [9.17, 15) is 34.8 Å². The van der Waals surface area contributed by atoms with Crippen LogP contribution < -0.4 is 0 Å². The molecule has 1 unspecified atom stereocenters. The number of alkyl halides is 3. The zero-order chi connectivity index (χ0) is 18.8. The molecule has 0 amide bonds. The highest BCUT2D eigenvalue weighted by molar-refractivity contribution is 7.41. The quantitative estimate of drug-likeness (QED) is 0.237. The number of benzene rings is 2. The number of rotatable bonds is 1. The molecule has 0 aliphatic heterocycles. The van der Waals surface area contributed by atoms with Gasteiger partial charge in [0.1, 0.15) is 16.3 Å². The fourth-order valence-corrected chi connectivity index (χ4v) is 4.12. The van der Waals surface area contributed by atoms with Crippen LogP contribution in [0.25, 0.3) is 20.5 Å². The van der Waals surface area contributed by atoms with Crippen molar-refractivity contribution in [3.8, 4) is 10.4 Å². The van der Waals surface area contributed by atoms with Crippen molar-refractivity contribution < 1.29 is 34.8 Å². The minimum atomic E-state index is -6.00. The highest BCUT2D eigenvalue weighted by atomic mass is 32.2. The Morgan fingerprint density at radius 2 is 1.40 bits per heavy atom. The first-order valence-corrected chi connectivity index (χ1v) is 7.94. The normalized spacial score (nSPS) is 12.7. The van der Waals surface area contributed by atoms with Crippen molar-refractivity contribution in [3.63, 3.8) is 0 Å². The number of halogens is 8. The Morgan fingerprint density at radius 3 is 1.96 bits per heavy atom. The fraction of sp³-hybridized carbons (Fsp3) is 0.0667. The number of thiophene rings is 1. The lowest BCUT2D eigenvalue weighted by atomic mass is 10.1. The van der Waals surface area contributed by atoms with E-state index in [1.54, 1.807) is 18.2 Å². The number of hydrogen-bond donors (Lipinski definition) is 0. The van der Waals surface area contributed by atoms with Crippen LogP contribution in [-0.2, 0) is 5.51 Å². The monoisotopic (exact) mass is 384 g/mol. The lowest BCUT2D eigenvalue weighted by Gasteiger charge is -2.00. The number of hydrogen-bond acceptors (Lipinski definition) is 0. The van der Waals surface area contributed by atoms with Crippen LogP contribution in [0.15, 0.2) is 54.6 Å². The lowest BCUT2D eigenvalue weighted by Crippen LogP contribution is -2.02. The third-order valence-electron chi connectivity index (χ3n) is 2.99. The van der Waals surface area contributed by atoms with Gasteiger partial charge in [0, 0.05) is 17.0 Å². The second kappa shape index (κ2) is 7.03. The van der Waals surface area contributed by atoms with Gasteiger partial charge in [-0.15, -0.1) is 13.2 Å². The molecular formula is C15H9BF8S. The second-order valence-corrected chi connectivity index (χ2v) is 6.76. The topological polar surface area (TPSA) is 0 Å². The molecule has 0 aliphatic rings. The predicted molar refractivity (Wildman–Crippen MR) is 83.3 cm³/mol. The molecule has 0 saturated heterocycles. The highest BCUT2D eigenvalue weighted by Gasteiger charge is 2.48. The summed E-state index contributed by atoms with van der Waals surface area (Å²) in [6.45, 7) is 0. The molecule has 1 aromatic heterocycles. The largest absolute Gasteiger partial charge is 0.673 e. The molecule has 0 spiro atoms. The lowest BCUT2D eigenvalue weighted by molar-refractivity contribution is -0.0864. The Balaban J connectivity index is 0.000000399. The van der Waals surface area contributed by atoms with Gasteiger partial charge in [-0.2, -0.15) is 0 Å². The standard InChI is InChI=1S/C15H9F4S.BF4/c16-12-6-3-5-10(8-12)14-9-11-4-1-2-7-13(11)20(14)15(17,18)19;2-1(3,4)5/h1-9H;/q+1;-1. The summed E-state index contributed by atoms with van der Waals surface area (Å²) in [4.78, 5) is 0.123. The van der Waals surface area contributed by atoms with Gasteiger partial charge in [0.25, 0.3) is 0 Å². The van der Waals surface area contributed by atoms with Crippen molar-refractivity contribution >= 4 is 27.8 Å². The molecule has 2 aromatic carbocycles. The maximum Gasteiger partial charge on any atom is 0.673 e. The molecule has 0 N–H and O–H groups in total. The van der Waals surface area contributed by atoms with Gasteiger partial charge >= 0.3 is 12.8 Å². The van der Waals surface area contributed by atoms with Crippen molar-refractivity contribution in [2.45, 2.75) is 5.51 Å². The molecule has 0 saturated carbocycles. The molecule has 3 rings (SSSR count). The van der Waals surface area contributed by atoms with Crippen LogP contribution in [-0.4, -0.2) is 7.25 Å². The summed E-state index contributed by atoms with van der Waals surface area (Å²) in [5.74, 6) is -0.537. The highest BCUT2D eigenvalue weighted by Crippen LogP contribution is 2.54. The predicted octanol–water partition coefficient (Wildman–Crippen LogP) is 7.17. The summed E-state index contributed by atoms with van der Waals surface area (Å²) in [7, 11) is -8.02. The zero-order valence-corrected chi connectivity index (χ0v) is 13.0. The average Bonchev–Trinajstić information content (AvgIpc) is 2.85. The van der Waals surface area contributed by atoms with Gasteiger partial charge in [0.05, 0.1) is 0 Å². The molecule has 1 atom stereocenters. The van der Waals surface area contributed by atoms with Gasteiger partial charge in [0.15, 0.2) is 9.58 Å². The van der Waals surface area contributed by atoms with E-state index in [0.29, 0.717) is 5.39 Å². The Hall–Kier alpha value is -2.10. The fourth-order valence-electron chi connectivity index (χ4n) is 2.20. The average molecular weight is 384 g/mol. The molecule has 25 heavy (non-hydrogen) atoms. The van der Waals surface area contributed by atoms with Crippen LogP contribution in [0.2, 0.25) is 0 Å². The molecule has 134 valence electrons. The molecule has 0 aliphatic carbocycles. The van der Waals surface area contributed by atoms with Crippen LogP contribution in [0, 0.1) is 5.82 Å². The van der Waals surface area contributed by atoms with E-state index in [0.717, 1.165) is 6.07 Å². The minimum Gasteiger partial charge on any atom is -0.418 e. The van der Waals surface area contributed by atoms with Crippen LogP contribution >= 0.6 is 10.5 Å². The summed E-state index contributed by atoms with van der Waals surface area (Å²) in [6.07, 6.45) is 0. The van der Waals surface area contributed by atoms with E-state index in [1.807, 2.05) is 0 Å². The molecule has 3 aromatic rings. The van der Waals surface area contributed by atoms with E-state index in [4.69, 9.17) is 0 Å². The van der Waals surface area contributed by atoms with Gasteiger partial charge in [0.2, 0.25) is 0 Å². The van der Waals surface area contributed by atoms with Gasteiger partial charge in [-0.05, 0) is 30.3 Å². The van der Waals surface area contributed by atoms with E-state index in [2.05, 4.69) is 0 Å². The summed E-state index contributed by atoms with van der Waals surface area (Å²) < 4.78 is 92.6. The van der Waals surface area contributed by atoms with Crippen molar-refractivity contribution in [2.75, 3.05) is 0 Å². The Morgan fingerprint density at radius 1 is 0.800 bits per heavy atom. The molecule has 0 radical (unpaired) electrons. The zero-order valence-electron chi connectivity index (χ0n) is 12.2. The molecular weight excluding hydrogens is 375 g/mol. The number of fused-ring (bicyclic) bond motifs is 1. The van der Waals surface area contributed by atoms with E-state index >= 15 is 0 Å². The van der Waals surface area contributed by atoms with Gasteiger partial charge < -0.3 is 17.3 Å². The van der Waals surface area contributed by atoms with Crippen molar-refractivity contribution in [3.05, 3.63) is 60.4 Å². The van der Waals surface area contributed by atoms with Crippen LogP contribution in [0.5, 0.6) is 0 Å². The summed E-state index contributed by atoms with van der Waals surface area (Å²) in [5, 5.41) is 0.549. The maximum absolute atomic E-state index is 13.4. The SMILES string of the molecule is F[B-](F)(F)F.Fc1cccc(-c2cc3ccccc3[s+]2C(F)(F)F)c1. The van der Waals surface area contributed by atoms with E-state index in [1.165, 1.54) is 30.3 Å². The minimum absolute atomic E-state index is 0.123. The first kappa shape index (κ1) is 19.2. The van der Waals surface area contributed by atoms with Gasteiger partial charge in [-0.3, -0.25) is 0 Å². The van der Waals surface area contributed by atoms with E-state index in [-0.39, 0.29) is 15.1 Å². The van der Waals surface area contributed by atoms with Crippen molar-refractivity contribution in [2.24, 2.45) is 0 Å². The molecule has 0 fully saturated rings. The first-order chi connectivity index (χ1) is 11.5. The second-order valence-electron chi connectivity index (χ2n) is 4.80. The molecule has 1 heterocycles. The van der Waals surface area contributed by atoms with Crippen molar-refractivity contribution in [1.82, 2.24) is 0 Å². The summed E-state index contributed by atoms with van der Waals surface area (Å²) >= 11 is 0. The summed E-state index contributed by atoms with van der Waals surface area (Å²) in [5.41, 5.74) is -4.09. The van der Waals surface area contributed by atoms with Crippen molar-refractivity contribution in [1.29, 1.82) is 0 Å². The van der Waals surface area contributed by atoms with Crippen LogP contribution in [0.1, 0.15) is 0 Å². The molecule has 0 nitrogen and oxygen atoms in total. The smallest absolute Gasteiger partial charge is 0.418 e. The Labute approximate surface area is 139 Å². The van der Waals surface area contributed by atoms with Crippen LogP contribution in [0.3, 0.4) is 0 Å². The van der Waals surface area contributed by atoms with E-state index < -0.39 is 29.0 Å². The Bertz CT molecular complexity index is 860. The third-order valence-corrected chi connectivity index (χ3v) is 5.05. The summed E-state index contributed by atoms with van der Waals surface area (Å²) in [6, 6.07) is 13.2. The molecule has 10 heteroatoms. The Kier molecular flexibility index (Phi) is 5.41. The molecule has 0 bridgehead atoms. The maximum atomic E-state index is 13.4. The third kappa shape index (κ3) is 5.19. The van der Waals surface area contributed by atoms with Gasteiger partial charge in [-0.1, -0.05) is 18.2 Å². The first-order valence-electron chi connectivity index (χ1n) is 6.72. The van der Waals surface area contributed by atoms with Gasteiger partial charge in [-0.25, -0.2) is 4.39 Å².